The lowest BCUT2D eigenvalue weighted by Gasteiger charge is -2.08. The maximum Gasteiger partial charge on any atom is 0.307 e. The Morgan fingerprint density at radius 2 is 1.83 bits per heavy atom. The quantitative estimate of drug-likeness (QED) is 0.875. The second-order valence-corrected chi connectivity index (χ2v) is 3.80. The van der Waals surface area contributed by atoms with Crippen molar-refractivity contribution in [3.63, 3.8) is 0 Å². The predicted molar refractivity (Wildman–Crippen MR) is 66.4 cm³/mol. The zero-order chi connectivity index (χ0) is 12.8. The molecule has 0 saturated heterocycles. The van der Waals surface area contributed by atoms with Gasteiger partial charge in [0.15, 0.2) is 0 Å². The van der Waals surface area contributed by atoms with Crippen LogP contribution in [0.15, 0.2) is 48.7 Å². The second kappa shape index (κ2) is 5.82. The fourth-order valence-electron chi connectivity index (χ4n) is 1.62. The summed E-state index contributed by atoms with van der Waals surface area (Å²) >= 11 is 0. The highest BCUT2D eigenvalue weighted by Gasteiger charge is 2.06. The highest BCUT2D eigenvalue weighted by Crippen LogP contribution is 2.13. The van der Waals surface area contributed by atoms with Crippen LogP contribution < -0.4 is 4.74 Å². The molecule has 18 heavy (non-hydrogen) atoms. The number of carbonyl (C=O) groups is 1. The van der Waals surface area contributed by atoms with E-state index in [-0.39, 0.29) is 6.42 Å². The van der Waals surface area contributed by atoms with Crippen molar-refractivity contribution in [1.29, 1.82) is 0 Å². The van der Waals surface area contributed by atoms with Crippen LogP contribution in [0.2, 0.25) is 0 Å². The number of aromatic nitrogens is 1. The summed E-state index contributed by atoms with van der Waals surface area (Å²) in [7, 11) is 0. The Balaban J connectivity index is 2.07. The number of hydrogen-bond acceptors (Lipinski definition) is 3. The molecule has 0 atom stereocenters. The van der Waals surface area contributed by atoms with Crippen molar-refractivity contribution in [1.82, 2.24) is 4.98 Å². The summed E-state index contributed by atoms with van der Waals surface area (Å²) in [6.45, 7) is 0.320. The summed E-state index contributed by atoms with van der Waals surface area (Å²) in [4.78, 5) is 14.8. The monoisotopic (exact) mass is 243 g/mol. The number of benzene rings is 1. The summed E-state index contributed by atoms with van der Waals surface area (Å²) in [5.74, 6) is -0.317. The molecule has 0 radical (unpaired) electrons. The number of rotatable bonds is 5. The van der Waals surface area contributed by atoms with Crippen LogP contribution in [0.3, 0.4) is 0 Å². The van der Waals surface area contributed by atoms with E-state index in [0.29, 0.717) is 12.5 Å². The fourth-order valence-corrected chi connectivity index (χ4v) is 1.62. The molecule has 1 N–H and O–H groups in total. The van der Waals surface area contributed by atoms with E-state index in [4.69, 9.17) is 9.84 Å². The Kier molecular flexibility index (Phi) is 3.91. The number of carboxylic acids is 1. The highest BCUT2D eigenvalue weighted by atomic mass is 16.5. The van der Waals surface area contributed by atoms with Crippen LogP contribution in [-0.2, 0) is 17.8 Å². The highest BCUT2D eigenvalue weighted by molar-refractivity contribution is 5.70. The molecular weight excluding hydrogens is 230 g/mol. The lowest BCUT2D eigenvalue weighted by atomic mass is 10.1. The van der Waals surface area contributed by atoms with Gasteiger partial charge in [0.2, 0.25) is 5.88 Å². The average molecular weight is 243 g/mol. The maximum absolute atomic E-state index is 10.7. The molecule has 0 bridgehead atoms. The summed E-state index contributed by atoms with van der Waals surface area (Å²) in [5, 5.41) is 8.82. The molecule has 0 aliphatic heterocycles. The first-order valence-electron chi connectivity index (χ1n) is 5.58. The van der Waals surface area contributed by atoms with Gasteiger partial charge in [0.25, 0.3) is 0 Å². The van der Waals surface area contributed by atoms with E-state index < -0.39 is 5.97 Å². The first-order valence-corrected chi connectivity index (χ1v) is 5.58. The largest absolute Gasteiger partial charge is 0.481 e. The predicted octanol–water partition coefficient (Wildman–Crippen LogP) is 2.29. The molecule has 0 aliphatic rings. The van der Waals surface area contributed by atoms with Crippen LogP contribution in [-0.4, -0.2) is 16.1 Å². The molecule has 1 heterocycles. The van der Waals surface area contributed by atoms with E-state index in [0.717, 1.165) is 11.1 Å². The molecular formula is C14H13NO3. The third-order valence-electron chi connectivity index (χ3n) is 2.47. The van der Waals surface area contributed by atoms with Crippen molar-refractivity contribution >= 4 is 5.97 Å². The Labute approximate surface area is 105 Å². The van der Waals surface area contributed by atoms with Crippen LogP contribution in [0.4, 0.5) is 0 Å². The Bertz CT molecular complexity index is 526. The van der Waals surface area contributed by atoms with E-state index in [1.165, 1.54) is 0 Å². The number of carboxylic acid groups (broad SMARTS) is 1. The lowest BCUT2D eigenvalue weighted by molar-refractivity contribution is -0.136. The fraction of sp³-hybridized carbons (Fsp3) is 0.143. The minimum absolute atomic E-state index is 0.00174. The molecule has 0 spiro atoms. The van der Waals surface area contributed by atoms with Gasteiger partial charge < -0.3 is 9.84 Å². The molecule has 0 saturated carbocycles. The number of aliphatic carboxylic acids is 1. The van der Waals surface area contributed by atoms with Crippen molar-refractivity contribution in [2.45, 2.75) is 13.0 Å². The van der Waals surface area contributed by atoms with Gasteiger partial charge in [-0.15, -0.1) is 0 Å². The third-order valence-corrected chi connectivity index (χ3v) is 2.47. The van der Waals surface area contributed by atoms with Gasteiger partial charge in [-0.1, -0.05) is 30.3 Å². The number of hydrogen-bond donors (Lipinski definition) is 1. The van der Waals surface area contributed by atoms with Gasteiger partial charge in [0, 0.05) is 12.3 Å². The van der Waals surface area contributed by atoms with Gasteiger partial charge in [0.1, 0.15) is 6.61 Å². The first-order chi connectivity index (χ1) is 8.75. The molecule has 2 aromatic rings. The maximum atomic E-state index is 10.7. The lowest BCUT2D eigenvalue weighted by Crippen LogP contribution is -2.06. The Morgan fingerprint density at radius 3 is 2.50 bits per heavy atom. The summed E-state index contributed by atoms with van der Waals surface area (Å²) in [5.41, 5.74) is 1.63. The van der Waals surface area contributed by atoms with E-state index >= 15 is 0 Å². The number of nitrogens with zero attached hydrogens (tertiary/aromatic N) is 1. The molecule has 1 aromatic carbocycles. The van der Waals surface area contributed by atoms with Crippen LogP contribution in [0.25, 0.3) is 0 Å². The molecule has 0 fully saturated rings. The van der Waals surface area contributed by atoms with Gasteiger partial charge in [-0.3, -0.25) is 4.79 Å². The number of pyridine rings is 1. The first kappa shape index (κ1) is 12.1. The molecule has 4 heteroatoms. The van der Waals surface area contributed by atoms with E-state index in [1.54, 1.807) is 18.3 Å². The van der Waals surface area contributed by atoms with Gasteiger partial charge in [-0.2, -0.15) is 0 Å². The van der Waals surface area contributed by atoms with Gasteiger partial charge in [0.05, 0.1) is 6.42 Å². The summed E-state index contributed by atoms with van der Waals surface area (Å²) < 4.78 is 5.51. The standard InChI is InChI=1S/C14H13NO3/c16-14(17)9-11-5-1-2-6-12(11)10-18-13-7-3-4-8-15-13/h1-8H,9-10H2,(H,16,17). The van der Waals surface area contributed by atoms with Crippen molar-refractivity contribution in [3.8, 4) is 5.88 Å². The molecule has 1 aromatic heterocycles. The molecule has 92 valence electrons. The zero-order valence-electron chi connectivity index (χ0n) is 9.74. The van der Waals surface area contributed by atoms with Crippen LogP contribution >= 0.6 is 0 Å². The van der Waals surface area contributed by atoms with Crippen LogP contribution in [0.5, 0.6) is 5.88 Å². The third kappa shape index (κ3) is 3.31. The zero-order valence-corrected chi connectivity index (χ0v) is 9.74. The topological polar surface area (TPSA) is 59.4 Å². The average Bonchev–Trinajstić information content (AvgIpc) is 2.38. The van der Waals surface area contributed by atoms with Gasteiger partial charge in [-0.05, 0) is 17.2 Å². The van der Waals surface area contributed by atoms with E-state index in [9.17, 15) is 4.79 Å². The molecule has 0 amide bonds. The normalized spacial score (nSPS) is 10.0. The van der Waals surface area contributed by atoms with Crippen LogP contribution in [0, 0.1) is 0 Å². The SMILES string of the molecule is O=C(O)Cc1ccccc1COc1ccccn1. The van der Waals surface area contributed by atoms with E-state index in [1.807, 2.05) is 30.3 Å². The van der Waals surface area contributed by atoms with Crippen molar-refractivity contribution < 1.29 is 14.6 Å². The Morgan fingerprint density at radius 1 is 1.11 bits per heavy atom. The van der Waals surface area contributed by atoms with Crippen molar-refractivity contribution in [2.75, 3.05) is 0 Å². The minimum Gasteiger partial charge on any atom is -0.481 e. The molecule has 0 unspecified atom stereocenters. The smallest absolute Gasteiger partial charge is 0.307 e. The van der Waals surface area contributed by atoms with Gasteiger partial charge in [-0.25, -0.2) is 4.98 Å². The second-order valence-electron chi connectivity index (χ2n) is 3.80. The summed E-state index contributed by atoms with van der Waals surface area (Å²) in [6.07, 6.45) is 1.65. The molecule has 2 rings (SSSR count). The summed E-state index contributed by atoms with van der Waals surface area (Å²) in [6, 6.07) is 12.8. The number of ether oxygens (including phenoxy) is 1. The van der Waals surface area contributed by atoms with Crippen molar-refractivity contribution in [2.24, 2.45) is 0 Å². The molecule has 4 nitrogen and oxygen atoms in total. The van der Waals surface area contributed by atoms with Crippen molar-refractivity contribution in [3.05, 3.63) is 59.8 Å². The van der Waals surface area contributed by atoms with Gasteiger partial charge >= 0.3 is 5.97 Å². The Hall–Kier alpha value is -2.36. The van der Waals surface area contributed by atoms with E-state index in [2.05, 4.69) is 4.98 Å². The molecule has 0 aliphatic carbocycles. The van der Waals surface area contributed by atoms with Crippen LogP contribution in [0.1, 0.15) is 11.1 Å². The minimum atomic E-state index is -0.847.